The minimum Gasteiger partial charge on any atom is -0.433 e. The molecule has 0 aliphatic carbocycles. The van der Waals surface area contributed by atoms with Gasteiger partial charge in [-0.1, -0.05) is 6.07 Å². The first-order valence-corrected chi connectivity index (χ1v) is 9.43. The van der Waals surface area contributed by atoms with Crippen molar-refractivity contribution in [2.45, 2.75) is 6.42 Å². The first kappa shape index (κ1) is 18.3. The van der Waals surface area contributed by atoms with E-state index in [0.29, 0.717) is 17.8 Å². The lowest BCUT2D eigenvalue weighted by atomic mass is 9.78. The first-order valence-electron chi connectivity index (χ1n) is 9.43. The fraction of sp³-hybridized carbons (Fsp3) is 0.550. The van der Waals surface area contributed by atoms with Crippen molar-refractivity contribution in [2.75, 3.05) is 60.1 Å². The highest BCUT2D eigenvalue weighted by Crippen LogP contribution is 2.37. The normalized spacial score (nSPS) is 18.5. The highest BCUT2D eigenvalue weighted by Gasteiger charge is 2.48. The van der Waals surface area contributed by atoms with Crippen LogP contribution in [0.1, 0.15) is 5.56 Å². The Hall–Kier alpha value is -2.09. The second kappa shape index (κ2) is 7.50. The highest BCUT2D eigenvalue weighted by molar-refractivity contribution is 5.90. The summed E-state index contributed by atoms with van der Waals surface area (Å²) in [6, 6.07) is 5.67. The van der Waals surface area contributed by atoms with Gasteiger partial charge in [0.25, 0.3) is 0 Å². The molecule has 0 bridgehead atoms. The SMILES string of the molecule is CN(C)CCc1c[nH]c2cccc(OC(=O)OCCN3CC4(COC4)C3)c12. The molecule has 2 saturated heterocycles. The molecular formula is C20H27N3O4. The molecule has 1 aromatic heterocycles. The summed E-state index contributed by atoms with van der Waals surface area (Å²) in [5.41, 5.74) is 2.48. The summed E-state index contributed by atoms with van der Waals surface area (Å²) in [6.45, 7) is 5.79. The van der Waals surface area contributed by atoms with E-state index in [1.807, 2.05) is 38.5 Å². The van der Waals surface area contributed by atoms with E-state index in [2.05, 4.69) is 14.8 Å². The largest absolute Gasteiger partial charge is 0.513 e. The van der Waals surface area contributed by atoms with Crippen molar-refractivity contribution in [1.29, 1.82) is 0 Å². The number of rotatable bonds is 7. The van der Waals surface area contributed by atoms with Gasteiger partial charge in [-0.05, 0) is 38.2 Å². The molecule has 2 aliphatic rings. The molecule has 2 fully saturated rings. The molecule has 0 saturated carbocycles. The molecule has 7 heteroatoms. The van der Waals surface area contributed by atoms with Crippen LogP contribution < -0.4 is 4.74 Å². The number of likely N-dealkylation sites (tertiary alicyclic amines) is 1. The Morgan fingerprint density at radius 2 is 2.15 bits per heavy atom. The Balaban J connectivity index is 1.30. The maximum Gasteiger partial charge on any atom is 0.513 e. The summed E-state index contributed by atoms with van der Waals surface area (Å²) in [7, 11) is 4.09. The van der Waals surface area contributed by atoms with Crippen molar-refractivity contribution in [3.63, 3.8) is 0 Å². The maximum atomic E-state index is 12.1. The van der Waals surface area contributed by atoms with Gasteiger partial charge < -0.3 is 24.1 Å². The number of nitrogens with one attached hydrogen (secondary N) is 1. The summed E-state index contributed by atoms with van der Waals surface area (Å²) in [6.07, 6.45) is 2.21. The average molecular weight is 373 g/mol. The Labute approximate surface area is 159 Å². The number of hydrogen-bond donors (Lipinski definition) is 1. The standard InChI is InChI=1S/C20H27N3O4/c1-22(2)7-6-15-10-21-16-4-3-5-17(18(15)16)27-19(24)26-9-8-23-11-20(12-23)13-25-14-20/h3-5,10,21H,6-9,11-14H2,1-2H3. The number of fused-ring (bicyclic) bond motifs is 1. The molecule has 146 valence electrons. The molecule has 4 rings (SSSR count). The molecule has 1 aromatic carbocycles. The molecule has 2 aliphatic heterocycles. The van der Waals surface area contributed by atoms with E-state index < -0.39 is 6.16 Å². The molecule has 27 heavy (non-hydrogen) atoms. The van der Waals surface area contributed by atoms with Crippen molar-refractivity contribution in [3.05, 3.63) is 30.0 Å². The third-order valence-corrected chi connectivity index (χ3v) is 5.33. The molecule has 2 aromatic rings. The van der Waals surface area contributed by atoms with Gasteiger partial charge in [-0.25, -0.2) is 4.79 Å². The van der Waals surface area contributed by atoms with Gasteiger partial charge in [0.2, 0.25) is 0 Å². The van der Waals surface area contributed by atoms with Crippen LogP contribution >= 0.6 is 0 Å². The fourth-order valence-electron chi connectivity index (χ4n) is 3.86. The van der Waals surface area contributed by atoms with E-state index in [0.717, 1.165) is 62.3 Å². The van der Waals surface area contributed by atoms with E-state index in [4.69, 9.17) is 14.2 Å². The minimum atomic E-state index is -0.649. The van der Waals surface area contributed by atoms with E-state index in [1.54, 1.807) is 0 Å². The molecule has 0 radical (unpaired) electrons. The number of aromatic amines is 1. The number of aromatic nitrogens is 1. The number of carbonyl (C=O) groups excluding carboxylic acids is 1. The Morgan fingerprint density at radius 3 is 2.85 bits per heavy atom. The zero-order valence-electron chi connectivity index (χ0n) is 16.0. The lowest BCUT2D eigenvalue weighted by Crippen LogP contribution is -2.66. The Kier molecular flexibility index (Phi) is 5.08. The van der Waals surface area contributed by atoms with Gasteiger partial charge in [0.1, 0.15) is 12.4 Å². The van der Waals surface area contributed by atoms with Crippen molar-refractivity contribution in [1.82, 2.24) is 14.8 Å². The third kappa shape index (κ3) is 3.95. The van der Waals surface area contributed by atoms with Crippen LogP contribution in [-0.4, -0.2) is 81.0 Å². The third-order valence-electron chi connectivity index (χ3n) is 5.33. The summed E-state index contributed by atoms with van der Waals surface area (Å²) < 4.78 is 16.1. The number of carbonyl (C=O) groups is 1. The number of hydrogen-bond acceptors (Lipinski definition) is 6. The molecule has 0 atom stereocenters. The second-order valence-corrected chi connectivity index (χ2v) is 7.95. The van der Waals surface area contributed by atoms with Crippen molar-refractivity contribution in [2.24, 2.45) is 5.41 Å². The first-order chi connectivity index (χ1) is 13.0. The van der Waals surface area contributed by atoms with Gasteiger partial charge >= 0.3 is 6.16 Å². The quantitative estimate of drug-likeness (QED) is 0.592. The maximum absolute atomic E-state index is 12.1. The van der Waals surface area contributed by atoms with Gasteiger partial charge in [-0.2, -0.15) is 0 Å². The van der Waals surface area contributed by atoms with Crippen LogP contribution in [0.2, 0.25) is 0 Å². The molecule has 3 heterocycles. The Bertz CT molecular complexity index is 805. The summed E-state index contributed by atoms with van der Waals surface area (Å²) in [4.78, 5) is 19.8. The zero-order chi connectivity index (χ0) is 18.9. The van der Waals surface area contributed by atoms with Gasteiger partial charge in [-0.15, -0.1) is 0 Å². The number of H-pyrrole nitrogens is 1. The second-order valence-electron chi connectivity index (χ2n) is 7.95. The smallest absolute Gasteiger partial charge is 0.433 e. The zero-order valence-corrected chi connectivity index (χ0v) is 16.0. The molecule has 1 N–H and O–H groups in total. The van der Waals surface area contributed by atoms with Crippen LogP contribution in [0.3, 0.4) is 0 Å². The van der Waals surface area contributed by atoms with Gasteiger partial charge in [0.15, 0.2) is 0 Å². The lowest BCUT2D eigenvalue weighted by molar-refractivity contribution is -0.190. The Morgan fingerprint density at radius 1 is 1.33 bits per heavy atom. The van der Waals surface area contributed by atoms with Crippen LogP contribution in [-0.2, 0) is 15.9 Å². The molecule has 0 unspecified atom stereocenters. The number of likely N-dealkylation sites (N-methyl/N-ethyl adjacent to an activating group) is 1. The van der Waals surface area contributed by atoms with Crippen LogP contribution in [0.25, 0.3) is 10.9 Å². The van der Waals surface area contributed by atoms with Crippen LogP contribution in [0.5, 0.6) is 5.75 Å². The number of ether oxygens (including phenoxy) is 3. The minimum absolute atomic E-state index is 0.340. The highest BCUT2D eigenvalue weighted by atomic mass is 16.7. The number of benzene rings is 1. The summed E-state index contributed by atoms with van der Waals surface area (Å²) >= 11 is 0. The fourth-order valence-corrected chi connectivity index (χ4v) is 3.86. The lowest BCUT2D eigenvalue weighted by Gasteiger charge is -2.55. The van der Waals surface area contributed by atoms with Crippen LogP contribution in [0.4, 0.5) is 4.79 Å². The van der Waals surface area contributed by atoms with Crippen molar-refractivity contribution < 1.29 is 19.0 Å². The van der Waals surface area contributed by atoms with E-state index in [1.165, 1.54) is 0 Å². The molecule has 1 spiro atoms. The summed E-state index contributed by atoms with van der Waals surface area (Å²) in [5.74, 6) is 0.544. The topological polar surface area (TPSA) is 67.0 Å². The number of nitrogens with zero attached hydrogens (tertiary/aromatic N) is 2. The average Bonchev–Trinajstić information content (AvgIpc) is 2.97. The predicted molar refractivity (Wildman–Crippen MR) is 102 cm³/mol. The van der Waals surface area contributed by atoms with E-state index in [-0.39, 0.29) is 0 Å². The van der Waals surface area contributed by atoms with E-state index >= 15 is 0 Å². The van der Waals surface area contributed by atoms with Crippen LogP contribution in [0, 0.1) is 5.41 Å². The summed E-state index contributed by atoms with van der Waals surface area (Å²) in [5, 5.41) is 0.950. The monoisotopic (exact) mass is 373 g/mol. The molecule has 7 nitrogen and oxygen atoms in total. The van der Waals surface area contributed by atoms with Gasteiger partial charge in [-0.3, -0.25) is 4.90 Å². The van der Waals surface area contributed by atoms with E-state index in [9.17, 15) is 4.79 Å². The van der Waals surface area contributed by atoms with Gasteiger partial charge in [0, 0.05) is 48.7 Å². The van der Waals surface area contributed by atoms with Crippen molar-refractivity contribution in [3.8, 4) is 5.75 Å². The van der Waals surface area contributed by atoms with Gasteiger partial charge in [0.05, 0.1) is 13.2 Å². The van der Waals surface area contributed by atoms with Crippen molar-refractivity contribution >= 4 is 17.1 Å². The molecule has 0 amide bonds. The predicted octanol–water partition coefficient (Wildman–Crippen LogP) is 2.12. The molecular weight excluding hydrogens is 346 g/mol. The van der Waals surface area contributed by atoms with Crippen LogP contribution in [0.15, 0.2) is 24.4 Å².